The first kappa shape index (κ1) is 24.2. The molecule has 0 aliphatic heterocycles. The van der Waals surface area contributed by atoms with E-state index in [9.17, 15) is 16.8 Å². The second-order valence-corrected chi connectivity index (χ2v) is 11.6. The molecule has 0 saturated heterocycles. The molecular formula is C22H23ClN2O5S2. The molecule has 0 fully saturated rings. The quantitative estimate of drug-likeness (QED) is 0.482. The van der Waals surface area contributed by atoms with Crippen molar-refractivity contribution in [3.63, 3.8) is 0 Å². The minimum Gasteiger partial charge on any atom is -0.491 e. The molecule has 2 aromatic carbocycles. The van der Waals surface area contributed by atoms with Crippen molar-refractivity contribution in [2.45, 2.75) is 35.0 Å². The lowest BCUT2D eigenvalue weighted by atomic mass is 10.2. The van der Waals surface area contributed by atoms with Gasteiger partial charge in [0.1, 0.15) is 11.0 Å². The molecule has 0 amide bonds. The molecule has 1 heterocycles. The molecule has 0 saturated carbocycles. The summed E-state index contributed by atoms with van der Waals surface area (Å²) in [7, 11) is -7.91. The third kappa shape index (κ3) is 5.86. The Kier molecular flexibility index (Phi) is 7.55. The molecule has 0 bridgehead atoms. The van der Waals surface area contributed by atoms with Crippen LogP contribution in [0.3, 0.4) is 0 Å². The van der Waals surface area contributed by atoms with Gasteiger partial charge in [-0.1, -0.05) is 17.7 Å². The maximum atomic E-state index is 13.3. The molecule has 0 aliphatic rings. The predicted octanol–water partition coefficient (Wildman–Crippen LogP) is 4.02. The van der Waals surface area contributed by atoms with Crippen molar-refractivity contribution in [2.75, 3.05) is 6.54 Å². The molecule has 1 aromatic heterocycles. The average molecular weight is 495 g/mol. The Morgan fingerprint density at radius 2 is 1.56 bits per heavy atom. The Hall–Kier alpha value is -2.46. The summed E-state index contributed by atoms with van der Waals surface area (Å²) in [4.78, 5) is 4.02. The lowest BCUT2D eigenvalue weighted by Gasteiger charge is -2.19. The van der Waals surface area contributed by atoms with Crippen LogP contribution in [0.25, 0.3) is 0 Å². The van der Waals surface area contributed by atoms with Crippen LogP contribution in [0.1, 0.15) is 24.7 Å². The minimum atomic E-state index is -3.97. The second kappa shape index (κ2) is 9.99. The summed E-state index contributed by atoms with van der Waals surface area (Å²) in [5.41, 5.74) is 0.367. The van der Waals surface area contributed by atoms with Gasteiger partial charge in [-0.15, -0.1) is 0 Å². The number of hydrogen-bond acceptors (Lipinski definition) is 6. The number of pyridine rings is 1. The van der Waals surface area contributed by atoms with Crippen molar-refractivity contribution < 1.29 is 21.6 Å². The van der Waals surface area contributed by atoms with Crippen LogP contribution in [0.2, 0.25) is 5.02 Å². The van der Waals surface area contributed by atoms with Crippen LogP contribution in [-0.4, -0.2) is 34.5 Å². The lowest BCUT2D eigenvalue weighted by molar-refractivity contribution is 0.242. The Morgan fingerprint density at radius 1 is 0.938 bits per heavy atom. The van der Waals surface area contributed by atoms with E-state index in [0.717, 1.165) is 0 Å². The fourth-order valence-corrected chi connectivity index (χ4v) is 5.92. The number of benzene rings is 2. The number of ether oxygens (including phenoxy) is 1. The van der Waals surface area contributed by atoms with Crippen molar-refractivity contribution in [1.82, 2.24) is 9.71 Å². The second-order valence-electron chi connectivity index (χ2n) is 7.26. The van der Waals surface area contributed by atoms with Crippen molar-refractivity contribution in [2.24, 2.45) is 0 Å². The van der Waals surface area contributed by atoms with Crippen LogP contribution in [0, 0.1) is 0 Å². The topological polar surface area (TPSA) is 102 Å². The summed E-state index contributed by atoms with van der Waals surface area (Å²) in [6.45, 7) is 3.36. The van der Waals surface area contributed by atoms with E-state index in [0.29, 0.717) is 16.3 Å². The number of hydrogen-bond donors (Lipinski definition) is 1. The molecule has 1 atom stereocenters. The highest BCUT2D eigenvalue weighted by Gasteiger charge is 2.31. The number of aromatic nitrogens is 1. The molecule has 32 heavy (non-hydrogen) atoms. The van der Waals surface area contributed by atoms with Crippen molar-refractivity contribution in [3.8, 4) is 5.75 Å². The normalized spacial score (nSPS) is 13.1. The number of sulfone groups is 1. The largest absolute Gasteiger partial charge is 0.491 e. The smallest absolute Gasteiger partial charge is 0.240 e. The first-order valence-corrected chi connectivity index (χ1v) is 13.2. The van der Waals surface area contributed by atoms with Crippen LogP contribution in [0.15, 0.2) is 82.8 Å². The summed E-state index contributed by atoms with van der Waals surface area (Å²) in [6, 6.07) is 14.8. The van der Waals surface area contributed by atoms with Gasteiger partial charge in [0, 0.05) is 24.0 Å². The summed E-state index contributed by atoms with van der Waals surface area (Å²) in [5.74, 6) is 0.539. The summed E-state index contributed by atoms with van der Waals surface area (Å²) >= 11 is 5.88. The van der Waals surface area contributed by atoms with Gasteiger partial charge in [-0.3, -0.25) is 4.98 Å². The molecule has 0 radical (unpaired) electrons. The molecular weight excluding hydrogens is 472 g/mol. The van der Waals surface area contributed by atoms with E-state index in [1.54, 1.807) is 24.3 Å². The molecule has 3 aromatic rings. The van der Waals surface area contributed by atoms with Gasteiger partial charge in [-0.05, 0) is 74.0 Å². The number of nitrogens with one attached hydrogen (secondary N) is 1. The minimum absolute atomic E-state index is 0.00225. The van der Waals surface area contributed by atoms with E-state index < -0.39 is 25.1 Å². The van der Waals surface area contributed by atoms with Crippen LogP contribution >= 0.6 is 11.6 Å². The van der Waals surface area contributed by atoms with E-state index in [1.807, 2.05) is 13.8 Å². The molecule has 1 N–H and O–H groups in total. The standard InChI is InChI=1S/C22H23ClN2O5S2/c1-16(2)30-19-7-11-21(12-8-19)32(28,29)25-15-22(17-4-3-13-24-14-17)31(26,27)20-9-5-18(23)6-10-20/h3-14,16,22,25H,15H2,1-2H3. The molecule has 170 valence electrons. The monoisotopic (exact) mass is 494 g/mol. The van der Waals surface area contributed by atoms with Gasteiger partial charge < -0.3 is 4.74 Å². The van der Waals surface area contributed by atoms with Gasteiger partial charge in [0.25, 0.3) is 0 Å². The van der Waals surface area contributed by atoms with Crippen molar-refractivity contribution >= 4 is 31.5 Å². The van der Waals surface area contributed by atoms with Gasteiger partial charge >= 0.3 is 0 Å². The Balaban J connectivity index is 1.88. The van der Waals surface area contributed by atoms with Gasteiger partial charge in [0.05, 0.1) is 15.9 Å². The third-order valence-electron chi connectivity index (χ3n) is 4.54. The Labute approximate surface area is 193 Å². The van der Waals surface area contributed by atoms with Gasteiger partial charge in [0.2, 0.25) is 10.0 Å². The first-order valence-electron chi connectivity index (χ1n) is 9.75. The number of rotatable bonds is 9. The van der Waals surface area contributed by atoms with Crippen LogP contribution in [0.4, 0.5) is 0 Å². The Morgan fingerprint density at radius 3 is 2.12 bits per heavy atom. The van der Waals surface area contributed by atoms with E-state index >= 15 is 0 Å². The third-order valence-corrected chi connectivity index (χ3v) is 8.35. The predicted molar refractivity (Wildman–Crippen MR) is 123 cm³/mol. The number of sulfonamides is 1. The van der Waals surface area contributed by atoms with E-state index in [4.69, 9.17) is 16.3 Å². The summed E-state index contributed by atoms with van der Waals surface area (Å²) < 4.78 is 60.3. The number of halogens is 1. The average Bonchev–Trinajstić information content (AvgIpc) is 2.75. The van der Waals surface area contributed by atoms with E-state index in [2.05, 4.69) is 9.71 Å². The molecule has 0 spiro atoms. The van der Waals surface area contributed by atoms with Gasteiger partial charge in [0.15, 0.2) is 9.84 Å². The fraction of sp³-hybridized carbons (Fsp3) is 0.227. The molecule has 0 aliphatic carbocycles. The molecule has 10 heteroatoms. The fourth-order valence-electron chi connectivity index (χ4n) is 3.00. The molecule has 7 nitrogen and oxygen atoms in total. The highest BCUT2D eigenvalue weighted by atomic mass is 35.5. The van der Waals surface area contributed by atoms with Gasteiger partial charge in [-0.2, -0.15) is 0 Å². The molecule has 3 rings (SSSR count). The first-order chi connectivity index (χ1) is 15.1. The van der Waals surface area contributed by atoms with Crippen LogP contribution in [-0.2, 0) is 19.9 Å². The van der Waals surface area contributed by atoms with E-state index in [-0.39, 0.29) is 22.4 Å². The maximum Gasteiger partial charge on any atom is 0.240 e. The zero-order valence-corrected chi connectivity index (χ0v) is 19.9. The lowest BCUT2D eigenvalue weighted by Crippen LogP contribution is -2.32. The zero-order valence-electron chi connectivity index (χ0n) is 17.5. The van der Waals surface area contributed by atoms with Gasteiger partial charge in [-0.25, -0.2) is 21.6 Å². The maximum absolute atomic E-state index is 13.3. The highest BCUT2D eigenvalue weighted by molar-refractivity contribution is 7.92. The highest BCUT2D eigenvalue weighted by Crippen LogP contribution is 2.29. The Bertz CT molecular complexity index is 1250. The van der Waals surface area contributed by atoms with Crippen molar-refractivity contribution in [3.05, 3.63) is 83.6 Å². The number of nitrogens with zero attached hydrogens (tertiary/aromatic N) is 1. The van der Waals surface area contributed by atoms with Crippen LogP contribution < -0.4 is 9.46 Å². The molecule has 1 unspecified atom stereocenters. The summed E-state index contributed by atoms with van der Waals surface area (Å²) in [6.07, 6.45) is 2.87. The zero-order chi connectivity index (χ0) is 23.4. The van der Waals surface area contributed by atoms with E-state index in [1.165, 1.54) is 48.8 Å². The van der Waals surface area contributed by atoms with Crippen molar-refractivity contribution in [1.29, 1.82) is 0 Å². The van der Waals surface area contributed by atoms with Crippen LogP contribution in [0.5, 0.6) is 5.75 Å². The summed E-state index contributed by atoms with van der Waals surface area (Å²) in [5, 5.41) is -0.789. The SMILES string of the molecule is CC(C)Oc1ccc(S(=O)(=O)NCC(c2cccnc2)S(=O)(=O)c2ccc(Cl)cc2)cc1.